The van der Waals surface area contributed by atoms with Crippen LogP contribution < -0.4 is 11.2 Å². The Labute approximate surface area is 378 Å². The fraction of sp³-hybridized carbons (Fsp3) is 0.340. The van der Waals surface area contributed by atoms with Crippen molar-refractivity contribution in [2.45, 2.75) is 100 Å². The maximum absolute atomic E-state index is 14.1. The molecule has 4 fully saturated rings. The molecule has 4 aliphatic rings. The predicted octanol–water partition coefficient (Wildman–Crippen LogP) is 5.19. The van der Waals surface area contributed by atoms with Crippen molar-refractivity contribution in [2.24, 2.45) is 0 Å². The zero-order valence-electron chi connectivity index (χ0n) is 35.5. The topological polar surface area (TPSA) is 178 Å². The Bertz CT molecular complexity index is 2650. The van der Waals surface area contributed by atoms with Crippen LogP contribution in [0.3, 0.4) is 0 Å². The highest BCUT2D eigenvalue weighted by atomic mass is 16.8. The van der Waals surface area contributed by atoms with Gasteiger partial charge in [-0.15, -0.1) is 6.42 Å². The van der Waals surface area contributed by atoms with E-state index in [1.165, 1.54) is 16.8 Å². The van der Waals surface area contributed by atoms with Gasteiger partial charge in [-0.05, 0) is 54.8 Å². The van der Waals surface area contributed by atoms with Crippen molar-refractivity contribution < 1.29 is 57.0 Å². The van der Waals surface area contributed by atoms with Crippen molar-refractivity contribution in [3.63, 3.8) is 0 Å². The van der Waals surface area contributed by atoms with Crippen molar-refractivity contribution in [1.82, 2.24) is 9.13 Å². The Balaban J connectivity index is 1.02. The zero-order chi connectivity index (χ0) is 45.6. The van der Waals surface area contributed by atoms with E-state index in [4.69, 9.17) is 49.1 Å². The number of benzene rings is 4. The molecule has 4 heterocycles. The van der Waals surface area contributed by atoms with Gasteiger partial charge in [0.05, 0.1) is 23.3 Å². The fourth-order valence-electron chi connectivity index (χ4n) is 8.64. The Morgan fingerprint density at radius 1 is 0.712 bits per heavy atom. The molecular formula is C50H46N2O14. The second kappa shape index (κ2) is 19.8. The van der Waals surface area contributed by atoms with Crippen LogP contribution in [0, 0.1) is 12.3 Å². The normalized spacial score (nSPS) is 25.4. The molecule has 16 heteroatoms. The molecule has 0 bridgehead atoms. The van der Waals surface area contributed by atoms with Gasteiger partial charge in [-0.2, -0.15) is 0 Å². The first-order chi connectivity index (χ1) is 32.2. The highest BCUT2D eigenvalue weighted by molar-refractivity contribution is 5.91. The van der Waals surface area contributed by atoms with E-state index in [1.54, 1.807) is 91.0 Å². The number of terminal acetylenes is 1. The van der Waals surface area contributed by atoms with Crippen LogP contribution in [0.25, 0.3) is 0 Å². The molecule has 9 rings (SSSR count). The molecule has 1 spiro atoms. The van der Waals surface area contributed by atoms with Crippen LogP contribution in [0.1, 0.15) is 68.5 Å². The number of hydrogen-bond acceptors (Lipinski definition) is 14. The Kier molecular flexibility index (Phi) is 13.3. The minimum absolute atomic E-state index is 0.155. The molecule has 3 saturated heterocycles. The highest BCUT2D eigenvalue weighted by Crippen LogP contribution is 2.50. The van der Waals surface area contributed by atoms with Crippen LogP contribution >= 0.6 is 0 Å². The van der Waals surface area contributed by atoms with Crippen LogP contribution in [-0.2, 0) is 56.0 Å². The second-order valence-corrected chi connectivity index (χ2v) is 16.2. The summed E-state index contributed by atoms with van der Waals surface area (Å²) >= 11 is 0. The van der Waals surface area contributed by atoms with Crippen molar-refractivity contribution in [3.05, 3.63) is 177 Å². The van der Waals surface area contributed by atoms with E-state index in [9.17, 15) is 24.0 Å². The third-order valence-electron chi connectivity index (χ3n) is 11.9. The van der Waals surface area contributed by atoms with Crippen LogP contribution in [0.15, 0.2) is 143 Å². The number of carbonyl (C=O) groups is 3. The molecule has 5 aromatic rings. The third kappa shape index (κ3) is 9.49. The summed E-state index contributed by atoms with van der Waals surface area (Å²) in [5.74, 6) is -0.626. The van der Waals surface area contributed by atoms with E-state index < -0.39 is 96.8 Å². The average molecular weight is 899 g/mol. The van der Waals surface area contributed by atoms with Gasteiger partial charge in [0.15, 0.2) is 24.2 Å². The summed E-state index contributed by atoms with van der Waals surface area (Å²) in [4.78, 5) is 67.9. The van der Waals surface area contributed by atoms with Gasteiger partial charge in [-0.25, -0.2) is 23.7 Å². The molecule has 0 amide bonds. The number of esters is 3. The molecule has 0 unspecified atom stereocenters. The third-order valence-corrected chi connectivity index (χ3v) is 11.9. The van der Waals surface area contributed by atoms with Crippen LogP contribution in [0.2, 0.25) is 0 Å². The largest absolute Gasteiger partial charge is 0.459 e. The summed E-state index contributed by atoms with van der Waals surface area (Å²) in [6.07, 6.45) is -0.765. The van der Waals surface area contributed by atoms with Crippen LogP contribution in [0.4, 0.5) is 0 Å². The molecule has 1 aliphatic carbocycles. The van der Waals surface area contributed by atoms with E-state index in [0.29, 0.717) is 12.8 Å². The van der Waals surface area contributed by atoms with Gasteiger partial charge in [-0.1, -0.05) is 90.8 Å². The van der Waals surface area contributed by atoms with Gasteiger partial charge < -0.3 is 42.6 Å². The fourth-order valence-corrected chi connectivity index (χ4v) is 8.64. The first kappa shape index (κ1) is 44.5. The first-order valence-corrected chi connectivity index (χ1v) is 21.7. The number of fused-ring (bicyclic) bond motifs is 1. The van der Waals surface area contributed by atoms with Gasteiger partial charge >= 0.3 is 23.6 Å². The van der Waals surface area contributed by atoms with E-state index in [-0.39, 0.29) is 30.0 Å². The summed E-state index contributed by atoms with van der Waals surface area (Å²) in [6.45, 7) is -0.641. The number of hydrogen-bond donors (Lipinski definition) is 0. The lowest BCUT2D eigenvalue weighted by Gasteiger charge is -2.31. The van der Waals surface area contributed by atoms with Crippen molar-refractivity contribution in [1.29, 1.82) is 0 Å². The maximum atomic E-state index is 14.1. The maximum Gasteiger partial charge on any atom is 0.338 e. The molecule has 1 aromatic heterocycles. The summed E-state index contributed by atoms with van der Waals surface area (Å²) in [5.41, 5.74) is 0.174. The molecule has 16 nitrogen and oxygen atoms in total. The number of aromatic nitrogens is 2. The highest BCUT2D eigenvalue weighted by Gasteiger charge is 2.62. The lowest BCUT2D eigenvalue weighted by molar-refractivity contribution is -0.241. The smallest absolute Gasteiger partial charge is 0.338 e. The molecule has 0 radical (unpaired) electrons. The molecule has 66 heavy (non-hydrogen) atoms. The minimum Gasteiger partial charge on any atom is -0.459 e. The predicted molar refractivity (Wildman–Crippen MR) is 231 cm³/mol. The van der Waals surface area contributed by atoms with Gasteiger partial charge in [-0.3, -0.25) is 9.36 Å². The summed E-state index contributed by atoms with van der Waals surface area (Å²) in [5, 5.41) is 0. The average Bonchev–Trinajstić information content (AvgIpc) is 4.13. The van der Waals surface area contributed by atoms with Gasteiger partial charge in [0.25, 0.3) is 5.56 Å². The molecule has 340 valence electrons. The summed E-state index contributed by atoms with van der Waals surface area (Å²) < 4.78 is 58.6. The summed E-state index contributed by atoms with van der Waals surface area (Å²) in [6, 6.07) is 35.1. The van der Waals surface area contributed by atoms with Crippen LogP contribution in [0.5, 0.6) is 0 Å². The monoisotopic (exact) mass is 898 g/mol. The van der Waals surface area contributed by atoms with Crippen molar-refractivity contribution in [2.75, 3.05) is 6.61 Å². The zero-order valence-corrected chi connectivity index (χ0v) is 35.5. The standard InChI is InChI=1S/C50H46N2O14/c1-2-36(39-41-42(66-50(65-41)26-15-16-27-50)44(62-39)51-28-25-38(53)52(49(51)57)31-58-29-32-17-7-3-8-18-32)60-48-43(64-47(56)35-23-13-6-14-24-35)40(63-46(55)34-21-11-5-12-22-34)37(61-48)30-59-45(54)33-19-9-4-10-20-33/h1,3-14,17-25,28,36-37,39-44,48H,15-16,26-27,29-31H2/t36-,37+,39+,40+,41+,42+,43+,44+,48+/m0/s1. The minimum atomic E-state index is -1.55. The molecule has 0 N–H and O–H groups in total. The van der Waals surface area contributed by atoms with Crippen molar-refractivity contribution in [3.8, 4) is 12.3 Å². The lowest BCUT2D eigenvalue weighted by atomic mass is 10.1. The molecule has 9 atom stereocenters. The second-order valence-electron chi connectivity index (χ2n) is 16.2. The van der Waals surface area contributed by atoms with Crippen molar-refractivity contribution >= 4 is 17.9 Å². The Morgan fingerprint density at radius 2 is 1.27 bits per heavy atom. The number of ether oxygens (including phenoxy) is 9. The molecule has 3 aliphatic heterocycles. The van der Waals surface area contributed by atoms with Gasteiger partial charge in [0, 0.05) is 25.1 Å². The Hall–Kier alpha value is -6.71. The Morgan fingerprint density at radius 3 is 1.88 bits per heavy atom. The molecular weight excluding hydrogens is 853 g/mol. The van der Waals surface area contributed by atoms with E-state index in [1.807, 2.05) is 30.3 Å². The first-order valence-electron chi connectivity index (χ1n) is 21.7. The summed E-state index contributed by atoms with van der Waals surface area (Å²) in [7, 11) is 0. The van der Waals surface area contributed by atoms with Gasteiger partial charge in [0.1, 0.15) is 43.9 Å². The lowest BCUT2D eigenvalue weighted by Crippen LogP contribution is -2.46. The van der Waals surface area contributed by atoms with E-state index in [2.05, 4.69) is 5.92 Å². The molecule has 1 saturated carbocycles. The van der Waals surface area contributed by atoms with Crippen LogP contribution in [-0.4, -0.2) is 88.5 Å². The number of rotatable bonds is 15. The SMILES string of the molecule is C#C[C@H](O[C@@H]1O[C@H](COC(=O)c2ccccc2)[C@@H](OC(=O)c2ccccc2)[C@H]1OC(=O)c1ccccc1)[C@H]1O[C@@H](n2ccc(=O)n(COCc3ccccc3)c2=O)[C@@H]2OC3(CCCC3)O[C@@H]21. The van der Waals surface area contributed by atoms with E-state index >= 15 is 0 Å². The molecule has 4 aromatic carbocycles. The number of carbonyl (C=O) groups excluding carboxylic acids is 3. The number of nitrogens with zero attached hydrogens (tertiary/aromatic N) is 2. The quantitative estimate of drug-likeness (QED) is 0.0762. The van der Waals surface area contributed by atoms with E-state index in [0.717, 1.165) is 23.0 Å². The van der Waals surface area contributed by atoms with Gasteiger partial charge in [0.2, 0.25) is 6.29 Å².